The summed E-state index contributed by atoms with van der Waals surface area (Å²) in [7, 11) is 0. The van der Waals surface area contributed by atoms with Gasteiger partial charge in [0.15, 0.2) is 5.58 Å². The highest BCUT2D eigenvalue weighted by molar-refractivity contribution is 6.10. The number of rotatable bonds is 6. The lowest BCUT2D eigenvalue weighted by molar-refractivity contribution is 0.102. The van der Waals surface area contributed by atoms with Crippen molar-refractivity contribution in [2.24, 2.45) is 5.73 Å². The van der Waals surface area contributed by atoms with Crippen molar-refractivity contribution >= 4 is 56.4 Å². The van der Waals surface area contributed by atoms with E-state index in [0.717, 1.165) is 27.6 Å². The number of nitrogens with two attached hydrogens (primary N) is 1. The molecule has 0 atom stereocenters. The Balaban J connectivity index is 1.37. The first-order valence-electron chi connectivity index (χ1n) is 13.0. The number of hydrogen-bond donors (Lipinski definition) is 2. The van der Waals surface area contributed by atoms with Crippen LogP contribution < -0.4 is 16.0 Å². The highest BCUT2D eigenvalue weighted by Gasteiger charge is 2.23. The maximum Gasteiger partial charge on any atom is 0.258 e. The summed E-state index contributed by atoms with van der Waals surface area (Å²) in [5.74, 6) is -0.678. The first-order chi connectivity index (χ1) is 20.1. The van der Waals surface area contributed by atoms with Gasteiger partial charge in [-0.15, -0.1) is 0 Å². The van der Waals surface area contributed by atoms with Crippen LogP contribution in [-0.2, 0) is 6.54 Å². The van der Waals surface area contributed by atoms with Crippen LogP contribution in [0.4, 0.5) is 27.4 Å². The number of nitrogens with zero attached hydrogens (tertiary/aromatic N) is 4. The Labute approximate surface area is 233 Å². The fraction of sp³-hybridized carbons (Fsp3) is 0.0312. The van der Waals surface area contributed by atoms with Crippen molar-refractivity contribution in [2.45, 2.75) is 6.54 Å². The number of para-hydroxylation sites is 2. The molecule has 8 nitrogen and oxygen atoms in total. The number of benzene rings is 4. The lowest BCUT2D eigenvalue weighted by atomic mass is 10.1. The fourth-order valence-corrected chi connectivity index (χ4v) is 5.06. The minimum absolute atomic E-state index is 0.0699. The monoisotopic (exact) mass is 542 g/mol. The second-order valence-corrected chi connectivity index (χ2v) is 9.52. The standard InChI is InChI=1S/C32H23FN6O2/c33-27-17-20(19-34)11-12-26(27)31(40)37-21-5-3-6-23(18-21)38(32-35-15-13-22-14-16-36-39(22)32)28-9-4-8-25-24-7-1-2-10-29(24)41-30(25)28/h1-18H,19,34H2,(H,37,40). The molecule has 0 unspecified atom stereocenters. The van der Waals surface area contributed by atoms with Crippen molar-refractivity contribution in [3.8, 4) is 0 Å². The number of fused-ring (bicyclic) bond motifs is 4. The summed E-state index contributed by atoms with van der Waals surface area (Å²) in [6.07, 6.45) is 3.43. The zero-order valence-electron chi connectivity index (χ0n) is 21.7. The maximum absolute atomic E-state index is 14.6. The molecule has 0 fully saturated rings. The van der Waals surface area contributed by atoms with Crippen LogP contribution in [0.3, 0.4) is 0 Å². The average molecular weight is 543 g/mol. The third-order valence-electron chi connectivity index (χ3n) is 7.00. The fourth-order valence-electron chi connectivity index (χ4n) is 5.06. The number of furan rings is 1. The van der Waals surface area contributed by atoms with E-state index in [1.54, 1.807) is 35.1 Å². The second-order valence-electron chi connectivity index (χ2n) is 9.52. The van der Waals surface area contributed by atoms with E-state index in [2.05, 4.69) is 10.4 Å². The van der Waals surface area contributed by atoms with Crippen LogP contribution in [0.5, 0.6) is 0 Å². The van der Waals surface area contributed by atoms with Crippen LogP contribution >= 0.6 is 0 Å². The zero-order chi connectivity index (χ0) is 27.9. The van der Waals surface area contributed by atoms with Crippen LogP contribution in [0, 0.1) is 5.82 Å². The SMILES string of the molecule is NCc1ccc(C(=O)Nc2cccc(N(c3cccc4c3oc3ccccc34)c3nccc4ccnn34)c2)c(F)c1. The van der Waals surface area contributed by atoms with Crippen molar-refractivity contribution in [2.75, 3.05) is 10.2 Å². The largest absolute Gasteiger partial charge is 0.454 e. The molecule has 0 spiro atoms. The first kappa shape index (κ1) is 24.5. The number of nitrogens with one attached hydrogen (secondary N) is 1. The van der Waals surface area contributed by atoms with Gasteiger partial charge in [-0.25, -0.2) is 9.37 Å². The smallest absolute Gasteiger partial charge is 0.258 e. The van der Waals surface area contributed by atoms with E-state index in [1.165, 1.54) is 12.1 Å². The molecule has 4 aromatic carbocycles. The quantitative estimate of drug-likeness (QED) is 0.236. The normalized spacial score (nSPS) is 11.4. The third-order valence-corrected chi connectivity index (χ3v) is 7.00. The molecule has 3 aromatic heterocycles. The van der Waals surface area contributed by atoms with Crippen LogP contribution in [0.1, 0.15) is 15.9 Å². The second kappa shape index (κ2) is 9.89. The summed E-state index contributed by atoms with van der Waals surface area (Å²) in [6.45, 7) is 0.186. The van der Waals surface area contributed by atoms with E-state index in [9.17, 15) is 9.18 Å². The topological polar surface area (TPSA) is 102 Å². The van der Waals surface area contributed by atoms with Gasteiger partial charge >= 0.3 is 0 Å². The van der Waals surface area contributed by atoms with Gasteiger partial charge in [0.25, 0.3) is 5.91 Å². The van der Waals surface area contributed by atoms with E-state index >= 15 is 0 Å². The summed E-state index contributed by atoms with van der Waals surface area (Å²) in [5, 5.41) is 9.29. The Morgan fingerprint density at radius 2 is 1.76 bits per heavy atom. The molecule has 200 valence electrons. The maximum atomic E-state index is 14.6. The van der Waals surface area contributed by atoms with Crippen LogP contribution in [-0.4, -0.2) is 20.5 Å². The van der Waals surface area contributed by atoms with E-state index in [-0.39, 0.29) is 12.1 Å². The predicted molar refractivity (Wildman–Crippen MR) is 157 cm³/mol. The van der Waals surface area contributed by atoms with Gasteiger partial charge in [-0.1, -0.05) is 42.5 Å². The Hall–Kier alpha value is -5.54. The molecule has 0 bridgehead atoms. The van der Waals surface area contributed by atoms with Crippen molar-refractivity contribution in [3.05, 3.63) is 126 Å². The molecule has 0 radical (unpaired) electrons. The summed E-state index contributed by atoms with van der Waals surface area (Å²) in [6, 6.07) is 29.2. The van der Waals surface area contributed by atoms with Gasteiger partial charge in [0.1, 0.15) is 11.4 Å². The number of carbonyl (C=O) groups excluding carboxylic acids is 1. The molecule has 41 heavy (non-hydrogen) atoms. The molecule has 0 saturated heterocycles. The van der Waals surface area contributed by atoms with Gasteiger partial charge in [-0.2, -0.15) is 9.61 Å². The molecular formula is C32H23FN6O2. The number of anilines is 4. The Morgan fingerprint density at radius 1 is 0.927 bits per heavy atom. The summed E-state index contributed by atoms with van der Waals surface area (Å²) >= 11 is 0. The van der Waals surface area contributed by atoms with E-state index in [1.807, 2.05) is 71.6 Å². The van der Waals surface area contributed by atoms with Crippen molar-refractivity contribution in [3.63, 3.8) is 0 Å². The third kappa shape index (κ3) is 4.25. The summed E-state index contributed by atoms with van der Waals surface area (Å²) < 4.78 is 22.7. The number of carbonyl (C=O) groups is 1. The molecule has 0 aliphatic rings. The first-order valence-corrected chi connectivity index (χ1v) is 13.0. The highest BCUT2D eigenvalue weighted by Crippen LogP contribution is 2.41. The van der Waals surface area contributed by atoms with Crippen LogP contribution in [0.2, 0.25) is 0 Å². The minimum atomic E-state index is -0.630. The zero-order valence-corrected chi connectivity index (χ0v) is 21.7. The molecule has 9 heteroatoms. The lowest BCUT2D eigenvalue weighted by Crippen LogP contribution is -2.17. The van der Waals surface area contributed by atoms with Gasteiger partial charge in [-0.05, 0) is 60.2 Å². The van der Waals surface area contributed by atoms with E-state index in [0.29, 0.717) is 28.5 Å². The number of halogens is 1. The Kier molecular flexibility index (Phi) is 5.91. The van der Waals surface area contributed by atoms with Crippen LogP contribution in [0.15, 0.2) is 114 Å². The molecule has 7 rings (SSSR count). The molecule has 1 amide bonds. The average Bonchev–Trinajstić information content (AvgIpc) is 3.63. The Morgan fingerprint density at radius 3 is 2.63 bits per heavy atom. The molecule has 0 aliphatic carbocycles. The highest BCUT2D eigenvalue weighted by atomic mass is 19.1. The number of hydrogen-bond acceptors (Lipinski definition) is 6. The van der Waals surface area contributed by atoms with Gasteiger partial charge in [-0.3, -0.25) is 9.69 Å². The summed E-state index contributed by atoms with van der Waals surface area (Å²) in [4.78, 5) is 19.7. The van der Waals surface area contributed by atoms with Crippen molar-refractivity contribution in [1.29, 1.82) is 0 Å². The summed E-state index contributed by atoms with van der Waals surface area (Å²) in [5.41, 5.74) is 10.3. The number of aromatic nitrogens is 3. The van der Waals surface area contributed by atoms with Gasteiger partial charge in [0.2, 0.25) is 5.95 Å². The molecular weight excluding hydrogens is 519 g/mol. The van der Waals surface area contributed by atoms with Gasteiger partial charge in [0.05, 0.1) is 28.7 Å². The lowest BCUT2D eigenvalue weighted by Gasteiger charge is -2.25. The molecule has 0 saturated carbocycles. The number of amides is 1. The molecule has 3 N–H and O–H groups in total. The Bertz CT molecular complexity index is 2080. The van der Waals surface area contributed by atoms with Gasteiger partial charge < -0.3 is 15.5 Å². The molecule has 3 heterocycles. The molecule has 7 aromatic rings. The van der Waals surface area contributed by atoms with Crippen molar-refractivity contribution < 1.29 is 13.6 Å². The van der Waals surface area contributed by atoms with E-state index in [4.69, 9.17) is 15.1 Å². The predicted octanol–water partition coefficient (Wildman–Crippen LogP) is 6.95. The molecule has 0 aliphatic heterocycles. The van der Waals surface area contributed by atoms with Gasteiger partial charge in [0, 0.05) is 29.2 Å². The minimum Gasteiger partial charge on any atom is -0.454 e. The van der Waals surface area contributed by atoms with Crippen LogP contribution in [0.25, 0.3) is 27.5 Å². The van der Waals surface area contributed by atoms with Crippen molar-refractivity contribution in [1.82, 2.24) is 14.6 Å². The van der Waals surface area contributed by atoms with E-state index < -0.39 is 11.7 Å².